The molecule has 6 heteroatoms. The van der Waals surface area contributed by atoms with Crippen LogP contribution in [0.2, 0.25) is 0 Å². The second-order valence-electron chi connectivity index (χ2n) is 4.89. The molecular formula is C15H17FN4O. The summed E-state index contributed by atoms with van der Waals surface area (Å²) >= 11 is 0. The summed E-state index contributed by atoms with van der Waals surface area (Å²) < 4.78 is 13.5. The van der Waals surface area contributed by atoms with E-state index in [1.54, 1.807) is 44.2 Å². The lowest BCUT2D eigenvalue weighted by atomic mass is 10.2. The van der Waals surface area contributed by atoms with E-state index in [0.29, 0.717) is 23.7 Å². The van der Waals surface area contributed by atoms with Gasteiger partial charge in [-0.15, -0.1) is 10.2 Å². The maximum absolute atomic E-state index is 13.5. The molecule has 1 aromatic carbocycles. The van der Waals surface area contributed by atoms with Crippen molar-refractivity contribution in [2.24, 2.45) is 5.92 Å². The van der Waals surface area contributed by atoms with Gasteiger partial charge in [-0.2, -0.15) is 0 Å². The Morgan fingerprint density at radius 1 is 1.14 bits per heavy atom. The van der Waals surface area contributed by atoms with Crippen molar-refractivity contribution in [3.05, 3.63) is 47.8 Å². The van der Waals surface area contributed by atoms with E-state index in [9.17, 15) is 9.18 Å². The Hall–Kier alpha value is -2.50. The van der Waals surface area contributed by atoms with Crippen molar-refractivity contribution in [2.45, 2.75) is 20.4 Å². The summed E-state index contributed by atoms with van der Waals surface area (Å²) in [7, 11) is 0. The topological polar surface area (TPSA) is 66.9 Å². The molecule has 5 nitrogen and oxygen atoms in total. The van der Waals surface area contributed by atoms with Crippen LogP contribution in [0.15, 0.2) is 36.4 Å². The van der Waals surface area contributed by atoms with Crippen LogP contribution in [-0.4, -0.2) is 16.1 Å². The Morgan fingerprint density at radius 2 is 1.81 bits per heavy atom. The minimum atomic E-state index is -0.265. The molecule has 0 radical (unpaired) electrons. The van der Waals surface area contributed by atoms with Gasteiger partial charge in [0.15, 0.2) is 5.82 Å². The average molecular weight is 288 g/mol. The number of aromatic nitrogens is 2. The van der Waals surface area contributed by atoms with Crippen molar-refractivity contribution in [2.75, 3.05) is 10.6 Å². The minimum absolute atomic E-state index is 0.114. The van der Waals surface area contributed by atoms with E-state index in [0.717, 1.165) is 0 Å². The highest BCUT2D eigenvalue weighted by Crippen LogP contribution is 2.11. The fraction of sp³-hybridized carbons (Fsp3) is 0.267. The predicted molar refractivity (Wildman–Crippen MR) is 79.2 cm³/mol. The highest BCUT2D eigenvalue weighted by molar-refractivity contribution is 5.91. The lowest BCUT2D eigenvalue weighted by Gasteiger charge is -2.08. The molecule has 0 aliphatic rings. The Morgan fingerprint density at radius 3 is 2.43 bits per heavy atom. The van der Waals surface area contributed by atoms with Gasteiger partial charge in [-0.25, -0.2) is 4.39 Å². The summed E-state index contributed by atoms with van der Waals surface area (Å²) in [5.74, 6) is 0.409. The zero-order valence-electron chi connectivity index (χ0n) is 11.9. The second kappa shape index (κ2) is 6.78. The van der Waals surface area contributed by atoms with Crippen LogP contribution < -0.4 is 10.6 Å². The number of carbonyl (C=O) groups excluding carboxylic acids is 1. The van der Waals surface area contributed by atoms with Crippen molar-refractivity contribution in [1.82, 2.24) is 10.2 Å². The van der Waals surface area contributed by atoms with E-state index in [4.69, 9.17) is 0 Å². The molecule has 2 aromatic rings. The molecule has 0 aliphatic heterocycles. The van der Waals surface area contributed by atoms with Gasteiger partial charge in [0.2, 0.25) is 5.91 Å². The van der Waals surface area contributed by atoms with E-state index in [1.165, 1.54) is 6.07 Å². The van der Waals surface area contributed by atoms with Crippen molar-refractivity contribution in [3.63, 3.8) is 0 Å². The molecule has 21 heavy (non-hydrogen) atoms. The maximum atomic E-state index is 13.5. The molecule has 0 aliphatic carbocycles. The van der Waals surface area contributed by atoms with Crippen LogP contribution in [-0.2, 0) is 11.3 Å². The molecule has 0 unspecified atom stereocenters. The SMILES string of the molecule is CC(C)C(=O)Nc1ccc(NCc2ccccc2F)nn1. The molecule has 110 valence electrons. The van der Waals surface area contributed by atoms with Gasteiger partial charge in [-0.3, -0.25) is 4.79 Å². The average Bonchev–Trinajstić information content (AvgIpc) is 2.48. The third-order valence-electron chi connectivity index (χ3n) is 2.86. The van der Waals surface area contributed by atoms with Crippen molar-refractivity contribution in [3.8, 4) is 0 Å². The number of benzene rings is 1. The molecule has 1 heterocycles. The Balaban J connectivity index is 1.94. The lowest BCUT2D eigenvalue weighted by molar-refractivity contribution is -0.118. The number of rotatable bonds is 5. The summed E-state index contributed by atoms with van der Waals surface area (Å²) in [6, 6.07) is 9.86. The van der Waals surface area contributed by atoms with Crippen molar-refractivity contribution in [1.29, 1.82) is 0 Å². The first-order valence-corrected chi connectivity index (χ1v) is 6.68. The Labute approximate surface area is 122 Å². The van der Waals surface area contributed by atoms with Crippen molar-refractivity contribution < 1.29 is 9.18 Å². The number of nitrogens with zero attached hydrogens (tertiary/aromatic N) is 2. The minimum Gasteiger partial charge on any atom is -0.364 e. The molecule has 0 spiro atoms. The van der Waals surface area contributed by atoms with Crippen LogP contribution in [0.1, 0.15) is 19.4 Å². The first-order chi connectivity index (χ1) is 10.1. The van der Waals surface area contributed by atoms with E-state index >= 15 is 0 Å². The highest BCUT2D eigenvalue weighted by atomic mass is 19.1. The molecule has 0 saturated heterocycles. The number of amides is 1. The molecule has 0 fully saturated rings. The van der Waals surface area contributed by atoms with Crippen molar-refractivity contribution >= 4 is 17.5 Å². The normalized spacial score (nSPS) is 10.5. The smallest absolute Gasteiger partial charge is 0.228 e. The Bertz CT molecular complexity index is 613. The van der Waals surface area contributed by atoms with Gasteiger partial charge in [0, 0.05) is 18.0 Å². The molecule has 1 aromatic heterocycles. The molecule has 2 N–H and O–H groups in total. The van der Waals surface area contributed by atoms with Gasteiger partial charge in [-0.05, 0) is 18.2 Å². The third-order valence-corrected chi connectivity index (χ3v) is 2.86. The van der Waals surface area contributed by atoms with Crippen LogP contribution in [0.5, 0.6) is 0 Å². The number of hydrogen-bond acceptors (Lipinski definition) is 4. The molecule has 0 saturated carbocycles. The Kier molecular flexibility index (Phi) is 4.81. The first-order valence-electron chi connectivity index (χ1n) is 6.68. The van der Waals surface area contributed by atoms with E-state index < -0.39 is 0 Å². The monoisotopic (exact) mass is 288 g/mol. The number of anilines is 2. The lowest BCUT2D eigenvalue weighted by Crippen LogP contribution is -2.18. The fourth-order valence-electron chi connectivity index (χ4n) is 1.59. The molecular weight excluding hydrogens is 271 g/mol. The second-order valence-corrected chi connectivity index (χ2v) is 4.89. The van der Waals surface area contributed by atoms with E-state index in [1.807, 2.05) is 0 Å². The zero-order chi connectivity index (χ0) is 15.2. The summed E-state index contributed by atoms with van der Waals surface area (Å²) in [5.41, 5.74) is 0.552. The number of nitrogens with one attached hydrogen (secondary N) is 2. The summed E-state index contributed by atoms with van der Waals surface area (Å²) in [4.78, 5) is 11.5. The zero-order valence-corrected chi connectivity index (χ0v) is 11.9. The number of hydrogen-bond donors (Lipinski definition) is 2. The standard InChI is InChI=1S/C15H17FN4O/c1-10(2)15(21)18-14-8-7-13(19-20-14)17-9-11-5-3-4-6-12(11)16/h3-8,10H,9H2,1-2H3,(H,17,19)(H,18,20,21). The highest BCUT2D eigenvalue weighted by Gasteiger charge is 2.08. The van der Waals surface area contributed by atoms with Crippen LogP contribution in [0.3, 0.4) is 0 Å². The molecule has 0 atom stereocenters. The molecule has 1 amide bonds. The van der Waals surface area contributed by atoms with Gasteiger partial charge in [-0.1, -0.05) is 32.0 Å². The molecule has 2 rings (SSSR count). The predicted octanol–water partition coefficient (Wildman–Crippen LogP) is 2.82. The van der Waals surface area contributed by atoms with Crippen LogP contribution in [0.25, 0.3) is 0 Å². The van der Waals surface area contributed by atoms with E-state index in [-0.39, 0.29) is 17.6 Å². The van der Waals surface area contributed by atoms with Gasteiger partial charge < -0.3 is 10.6 Å². The summed E-state index contributed by atoms with van der Waals surface area (Å²) in [6.07, 6.45) is 0. The number of halogens is 1. The van der Waals surface area contributed by atoms with Gasteiger partial charge in [0.05, 0.1) is 0 Å². The van der Waals surface area contributed by atoms with Crippen LogP contribution in [0.4, 0.5) is 16.0 Å². The quantitative estimate of drug-likeness (QED) is 0.888. The van der Waals surface area contributed by atoms with Gasteiger partial charge in [0.1, 0.15) is 11.6 Å². The van der Waals surface area contributed by atoms with Gasteiger partial charge >= 0.3 is 0 Å². The van der Waals surface area contributed by atoms with E-state index in [2.05, 4.69) is 20.8 Å². The number of carbonyl (C=O) groups is 1. The van der Waals surface area contributed by atoms with Gasteiger partial charge in [0.25, 0.3) is 0 Å². The summed E-state index contributed by atoms with van der Waals surface area (Å²) in [5, 5.41) is 13.5. The third kappa shape index (κ3) is 4.24. The first kappa shape index (κ1) is 14.9. The maximum Gasteiger partial charge on any atom is 0.228 e. The fourth-order valence-corrected chi connectivity index (χ4v) is 1.59. The van der Waals surface area contributed by atoms with Crippen LogP contribution >= 0.6 is 0 Å². The largest absolute Gasteiger partial charge is 0.364 e. The molecule has 0 bridgehead atoms. The van der Waals surface area contributed by atoms with Crippen LogP contribution in [0, 0.1) is 11.7 Å². The summed E-state index contributed by atoms with van der Waals surface area (Å²) in [6.45, 7) is 3.92.